The van der Waals surface area contributed by atoms with E-state index in [0.29, 0.717) is 38.9 Å². The minimum Gasteiger partial charge on any atom is -1.00 e. The SMILES string of the molecule is CNCC(=O)OCc1cc(C)ccc1NC(=O)OCC[C@@H](c1nc(-c2ccc(C#N)cc2)cs1)[C@](O)(Cc1[nH]nc[nH+]1)c1cc(F)ccc1F.Cl.[Cl-]. The van der Waals surface area contributed by atoms with E-state index in [2.05, 4.69) is 31.9 Å². The van der Waals surface area contributed by atoms with Gasteiger partial charge in [0.05, 0.1) is 47.6 Å². The van der Waals surface area contributed by atoms with Crippen molar-refractivity contribution >= 4 is 41.5 Å². The number of ether oxygens (including phenoxy) is 2. The van der Waals surface area contributed by atoms with Crippen molar-refractivity contribution in [2.75, 3.05) is 25.5 Å². The number of carbonyl (C=O) groups excluding carboxylic acids is 2. The Morgan fingerprint density at radius 2 is 1.90 bits per heavy atom. The number of halogens is 4. The molecule has 0 radical (unpaired) electrons. The molecule has 0 aliphatic carbocycles. The van der Waals surface area contributed by atoms with E-state index in [-0.39, 0.29) is 63.0 Å². The Hall–Kier alpha value is -4.98. The number of carbonyl (C=O) groups is 2. The number of aromatic nitrogens is 4. The summed E-state index contributed by atoms with van der Waals surface area (Å²) in [5.74, 6) is -2.77. The number of benzene rings is 3. The predicted octanol–water partition coefficient (Wildman–Crippen LogP) is 2.35. The van der Waals surface area contributed by atoms with Gasteiger partial charge in [0.2, 0.25) is 5.82 Å². The van der Waals surface area contributed by atoms with Crippen LogP contribution >= 0.6 is 23.7 Å². The van der Waals surface area contributed by atoms with Gasteiger partial charge in [0.25, 0.3) is 6.33 Å². The quantitative estimate of drug-likeness (QED) is 0.124. The summed E-state index contributed by atoms with van der Waals surface area (Å²) in [7, 11) is 1.62. The van der Waals surface area contributed by atoms with Crippen molar-refractivity contribution in [2.45, 2.75) is 37.9 Å². The number of thiazole rings is 1. The van der Waals surface area contributed by atoms with Gasteiger partial charge in [-0.25, -0.2) is 23.5 Å². The Morgan fingerprint density at radius 3 is 2.60 bits per heavy atom. The molecule has 274 valence electrons. The summed E-state index contributed by atoms with van der Waals surface area (Å²) >= 11 is 1.19. The molecule has 0 aliphatic rings. The number of aliphatic hydroxyl groups is 1. The third-order valence-corrected chi connectivity index (χ3v) is 8.86. The minimum atomic E-state index is -2.11. The maximum Gasteiger partial charge on any atom is 0.411 e. The van der Waals surface area contributed by atoms with E-state index >= 15 is 4.39 Å². The van der Waals surface area contributed by atoms with Crippen LogP contribution in [0.25, 0.3) is 11.3 Å². The van der Waals surface area contributed by atoms with Crippen molar-refractivity contribution in [1.82, 2.24) is 20.5 Å². The number of nitriles is 1. The van der Waals surface area contributed by atoms with Gasteiger partial charge in [0, 0.05) is 33.1 Å². The molecule has 1 amide bonds. The highest BCUT2D eigenvalue weighted by Crippen LogP contribution is 2.44. The van der Waals surface area contributed by atoms with Gasteiger partial charge in [-0.3, -0.25) is 10.1 Å². The molecule has 12 nitrogen and oxygen atoms in total. The van der Waals surface area contributed by atoms with Crippen molar-refractivity contribution < 1.29 is 50.3 Å². The van der Waals surface area contributed by atoms with Gasteiger partial charge in [0.15, 0.2) is 0 Å². The predicted molar refractivity (Wildman–Crippen MR) is 186 cm³/mol. The fourth-order valence-electron chi connectivity index (χ4n) is 5.44. The van der Waals surface area contributed by atoms with Crippen molar-refractivity contribution in [2.24, 2.45) is 0 Å². The lowest BCUT2D eigenvalue weighted by Gasteiger charge is -2.35. The first-order valence-electron chi connectivity index (χ1n) is 15.5. The number of nitrogens with one attached hydrogen (secondary N) is 4. The second-order valence-electron chi connectivity index (χ2n) is 11.4. The average Bonchev–Trinajstić information content (AvgIpc) is 3.81. The normalized spacial score (nSPS) is 12.3. The molecule has 0 bridgehead atoms. The van der Waals surface area contributed by atoms with Crippen LogP contribution in [0.5, 0.6) is 0 Å². The summed E-state index contributed by atoms with van der Waals surface area (Å²) in [4.78, 5) is 32.6. The number of amides is 1. The van der Waals surface area contributed by atoms with Gasteiger partial charge in [-0.2, -0.15) is 5.26 Å². The number of anilines is 1. The standard InChI is InChI=1S/C35H33F2N7O5S.2ClH/c1-21-3-10-29(24(13-21)18-49-32(45)17-39-2)43-34(46)48-12-11-26(33-42-30(19-50-33)23-6-4-22(16-38)5-7-23)35(47,15-31-40-20-41-44-31)27-14-25(36)8-9-28(27)37;;/h3-10,13-14,19-20,26,39,47H,11-12,15,17-18H2,1-2H3,(H,43,46)(H,40,41,44);2*1H/t26-,35+;;/m0../s1. The maximum absolute atomic E-state index is 15.5. The van der Waals surface area contributed by atoms with Crippen molar-refractivity contribution in [3.8, 4) is 17.3 Å². The van der Waals surface area contributed by atoms with Crippen LogP contribution in [0.2, 0.25) is 0 Å². The van der Waals surface area contributed by atoms with Gasteiger partial charge in [-0.1, -0.05) is 29.8 Å². The molecule has 0 fully saturated rings. The fourth-order valence-corrected chi connectivity index (χ4v) is 6.49. The second-order valence-corrected chi connectivity index (χ2v) is 12.3. The van der Waals surface area contributed by atoms with Gasteiger partial charge < -0.3 is 32.3 Å². The van der Waals surface area contributed by atoms with Crippen molar-refractivity contribution in [1.29, 1.82) is 5.26 Å². The van der Waals surface area contributed by atoms with Crippen LogP contribution in [-0.2, 0) is 32.9 Å². The van der Waals surface area contributed by atoms with Gasteiger partial charge in [-0.05, 0) is 56.8 Å². The van der Waals surface area contributed by atoms with E-state index in [1.54, 1.807) is 54.9 Å². The molecule has 0 saturated carbocycles. The number of hydrogen-bond donors (Lipinski definition) is 4. The summed E-state index contributed by atoms with van der Waals surface area (Å²) in [6.07, 6.45) is 0.217. The van der Waals surface area contributed by atoms with E-state index < -0.39 is 35.2 Å². The summed E-state index contributed by atoms with van der Waals surface area (Å²) in [5.41, 5.74) is 1.08. The van der Waals surface area contributed by atoms with Gasteiger partial charge >= 0.3 is 12.1 Å². The number of H-pyrrole nitrogens is 2. The highest BCUT2D eigenvalue weighted by Gasteiger charge is 2.45. The molecule has 52 heavy (non-hydrogen) atoms. The molecule has 5 rings (SSSR count). The molecular weight excluding hydrogens is 739 g/mol. The van der Waals surface area contributed by atoms with E-state index in [1.165, 1.54) is 17.7 Å². The third-order valence-electron chi connectivity index (χ3n) is 7.90. The van der Waals surface area contributed by atoms with Crippen molar-refractivity contribution in [3.63, 3.8) is 0 Å². The molecule has 0 unspecified atom stereocenters. The molecular formula is C35H35Cl2F2N7O5S. The highest BCUT2D eigenvalue weighted by atomic mass is 35.5. The third kappa shape index (κ3) is 10.3. The molecule has 2 heterocycles. The average molecular weight is 775 g/mol. The second kappa shape index (κ2) is 19.0. The van der Waals surface area contributed by atoms with Crippen LogP contribution in [0.3, 0.4) is 0 Å². The highest BCUT2D eigenvalue weighted by molar-refractivity contribution is 7.10. The van der Waals surface area contributed by atoms with E-state index in [4.69, 9.17) is 14.5 Å². The molecule has 17 heteroatoms. The molecule has 3 aromatic carbocycles. The van der Waals surface area contributed by atoms with Crippen LogP contribution in [0.1, 0.15) is 45.4 Å². The Balaban J connectivity index is 0.00000364. The van der Waals surface area contributed by atoms with Crippen LogP contribution in [0.4, 0.5) is 19.3 Å². The number of hydrogen-bond acceptors (Lipinski definition) is 10. The Kier molecular flexibility index (Phi) is 15.2. The number of aryl methyl sites for hydroxylation is 1. The van der Waals surface area contributed by atoms with Crippen LogP contribution in [-0.4, -0.2) is 52.5 Å². The summed E-state index contributed by atoms with van der Waals surface area (Å²) in [6, 6.07) is 16.9. The first-order chi connectivity index (χ1) is 24.1. The van der Waals surface area contributed by atoms with E-state index in [9.17, 15) is 24.3 Å². The topological polar surface area (TPSA) is 176 Å². The number of nitrogens with zero attached hydrogens (tertiary/aromatic N) is 3. The van der Waals surface area contributed by atoms with Gasteiger partial charge in [0.1, 0.15) is 23.8 Å². The Labute approximate surface area is 314 Å². The van der Waals surface area contributed by atoms with Gasteiger partial charge in [-0.15, -0.1) is 28.8 Å². The number of rotatable bonds is 14. The lowest BCUT2D eigenvalue weighted by Crippen LogP contribution is -3.00. The molecule has 0 saturated heterocycles. The summed E-state index contributed by atoms with van der Waals surface area (Å²) in [6.45, 7) is 1.54. The van der Waals surface area contributed by atoms with Crippen molar-refractivity contribution in [3.05, 3.63) is 117 Å². The molecule has 5 aromatic rings. The Morgan fingerprint density at radius 1 is 1.13 bits per heavy atom. The summed E-state index contributed by atoms with van der Waals surface area (Å²) in [5, 5.41) is 35.8. The molecule has 2 atom stereocenters. The first-order valence-corrected chi connectivity index (χ1v) is 16.3. The molecule has 0 aliphatic heterocycles. The molecule has 2 aromatic heterocycles. The van der Waals surface area contributed by atoms with Crippen LogP contribution in [0.15, 0.2) is 72.4 Å². The molecule has 0 spiro atoms. The van der Waals surface area contributed by atoms with E-state index in [0.717, 1.165) is 23.8 Å². The zero-order chi connectivity index (χ0) is 35.7. The molecule has 5 N–H and O–H groups in total. The lowest BCUT2D eigenvalue weighted by atomic mass is 9.76. The number of aromatic amines is 2. The smallest absolute Gasteiger partial charge is 0.411 e. The van der Waals surface area contributed by atoms with E-state index in [1.807, 2.05) is 6.92 Å². The first kappa shape index (κ1) is 41.4. The maximum atomic E-state index is 15.5. The summed E-state index contributed by atoms with van der Waals surface area (Å²) < 4.78 is 41.0. The number of esters is 1. The zero-order valence-electron chi connectivity index (χ0n) is 27.9. The zero-order valence-corrected chi connectivity index (χ0v) is 30.3. The van der Waals surface area contributed by atoms with Crippen LogP contribution < -0.4 is 28.0 Å². The lowest BCUT2D eigenvalue weighted by molar-refractivity contribution is -0.393. The Bertz CT molecular complexity index is 1990. The fraction of sp³-hybridized carbons (Fsp3) is 0.257. The number of likely N-dealkylation sites (N-methyl/N-ethyl adjacent to an activating group) is 1. The van der Waals surface area contributed by atoms with Crippen LogP contribution in [0, 0.1) is 29.9 Å². The monoisotopic (exact) mass is 773 g/mol. The largest absolute Gasteiger partial charge is 1.00 e. The minimum absolute atomic E-state index is 0.